The van der Waals surface area contributed by atoms with Gasteiger partial charge in [0.15, 0.2) is 0 Å². The number of nitrogens with zero attached hydrogens (tertiary/aromatic N) is 3. The summed E-state index contributed by atoms with van der Waals surface area (Å²) in [5.41, 5.74) is -0.617. The molecular weight excluding hydrogens is 633 g/mol. The fourth-order valence-corrected chi connectivity index (χ4v) is 8.30. The number of ether oxygens (including phenoxy) is 1. The smallest absolute Gasteiger partial charge is 0.271 e. The maximum Gasteiger partial charge on any atom is 0.271 e. The predicted molar refractivity (Wildman–Crippen MR) is 166 cm³/mol. The highest BCUT2D eigenvalue weighted by molar-refractivity contribution is 6.32. The number of phenols is 1. The van der Waals surface area contributed by atoms with E-state index in [1.807, 2.05) is 6.08 Å². The molecule has 1 saturated carbocycles. The van der Waals surface area contributed by atoms with E-state index in [1.54, 1.807) is 19.1 Å². The minimum atomic E-state index is -1.45. The van der Waals surface area contributed by atoms with Crippen molar-refractivity contribution in [3.8, 4) is 11.5 Å². The summed E-state index contributed by atoms with van der Waals surface area (Å²) in [7, 11) is 1.44. The molecule has 240 valence electrons. The van der Waals surface area contributed by atoms with E-state index < -0.39 is 69.4 Å². The molecule has 0 spiro atoms. The van der Waals surface area contributed by atoms with Crippen LogP contribution in [0.1, 0.15) is 31.2 Å². The summed E-state index contributed by atoms with van der Waals surface area (Å²) in [5, 5.41) is 22.5. The number of rotatable bonds is 5. The van der Waals surface area contributed by atoms with E-state index in [0.29, 0.717) is 16.9 Å². The molecule has 13 heteroatoms. The molecule has 3 aromatic carbocycles. The number of imide groups is 2. The Hall–Kier alpha value is -5.10. The molecule has 4 amide bonds. The van der Waals surface area contributed by atoms with Crippen molar-refractivity contribution in [3.63, 3.8) is 0 Å². The van der Waals surface area contributed by atoms with E-state index in [1.165, 1.54) is 49.6 Å². The number of benzene rings is 3. The van der Waals surface area contributed by atoms with Gasteiger partial charge in [-0.2, -0.15) is 0 Å². The number of hydrogen-bond donors (Lipinski definition) is 1. The van der Waals surface area contributed by atoms with Crippen LogP contribution in [0.3, 0.4) is 0 Å². The first-order valence-electron chi connectivity index (χ1n) is 14.9. The number of amides is 4. The first kappa shape index (κ1) is 30.5. The molecule has 2 aliphatic carbocycles. The van der Waals surface area contributed by atoms with Crippen LogP contribution >= 0.6 is 11.6 Å². The molecule has 0 unspecified atom stereocenters. The van der Waals surface area contributed by atoms with Gasteiger partial charge in [0, 0.05) is 29.7 Å². The van der Waals surface area contributed by atoms with Crippen molar-refractivity contribution in [1.82, 2.24) is 0 Å². The van der Waals surface area contributed by atoms with Crippen LogP contribution < -0.4 is 14.5 Å². The highest BCUT2D eigenvalue weighted by Gasteiger charge is 2.68. The maximum absolute atomic E-state index is 14.5. The van der Waals surface area contributed by atoms with E-state index in [0.717, 1.165) is 15.9 Å². The molecule has 47 heavy (non-hydrogen) atoms. The summed E-state index contributed by atoms with van der Waals surface area (Å²) in [6.07, 6.45) is 1.99. The lowest BCUT2D eigenvalue weighted by Crippen LogP contribution is -2.48. The molecule has 11 nitrogen and oxygen atoms in total. The van der Waals surface area contributed by atoms with Gasteiger partial charge in [0.2, 0.25) is 23.6 Å². The van der Waals surface area contributed by atoms with Gasteiger partial charge in [-0.05, 0) is 56.0 Å². The Balaban J connectivity index is 1.37. The standard InChI is InChI=1S/C34H27ClFN3O8/c1-34-24(31(42)38(33(34)44)17-6-11-26(36)25(35)13-17)15-23-20(29(34)21-8-7-19(47-2)14-27(21)40)9-10-22-28(23)32(43)37(30(22)41)16-4-3-5-18(12-16)39(45)46/h3-9,11-14,22-24,28-29,40H,10,15H2,1-2H3/t22-,23+,24-,28-,29+,34+/m0/s1. The van der Waals surface area contributed by atoms with Crippen LogP contribution in [-0.2, 0) is 19.2 Å². The first-order chi connectivity index (χ1) is 22.4. The molecule has 2 heterocycles. The van der Waals surface area contributed by atoms with Gasteiger partial charge in [-0.1, -0.05) is 35.4 Å². The summed E-state index contributed by atoms with van der Waals surface area (Å²) < 4.78 is 19.4. The fourth-order valence-electron chi connectivity index (χ4n) is 8.12. The second-order valence-corrected chi connectivity index (χ2v) is 12.9. The van der Waals surface area contributed by atoms with E-state index >= 15 is 0 Å². The van der Waals surface area contributed by atoms with E-state index in [-0.39, 0.29) is 40.7 Å². The summed E-state index contributed by atoms with van der Waals surface area (Å²) in [6.45, 7) is 1.65. The number of halogens is 2. The fraction of sp³-hybridized carbons (Fsp3) is 0.294. The molecule has 3 fully saturated rings. The molecule has 0 bridgehead atoms. The summed E-state index contributed by atoms with van der Waals surface area (Å²) >= 11 is 6.04. The zero-order valence-electron chi connectivity index (χ0n) is 25.1. The lowest BCUT2D eigenvalue weighted by Gasteiger charge is -2.49. The molecule has 0 radical (unpaired) electrons. The Morgan fingerprint density at radius 3 is 2.40 bits per heavy atom. The number of methoxy groups -OCH3 is 1. The van der Waals surface area contributed by atoms with Gasteiger partial charge in [-0.25, -0.2) is 14.2 Å². The number of nitro benzene ring substituents is 1. The largest absolute Gasteiger partial charge is 0.508 e. The van der Waals surface area contributed by atoms with Crippen LogP contribution in [0.5, 0.6) is 11.5 Å². The number of hydrogen-bond acceptors (Lipinski definition) is 8. The lowest BCUT2D eigenvalue weighted by atomic mass is 9.51. The Kier molecular flexibility index (Phi) is 6.97. The van der Waals surface area contributed by atoms with Crippen molar-refractivity contribution in [2.45, 2.75) is 25.7 Å². The maximum atomic E-state index is 14.5. The van der Waals surface area contributed by atoms with E-state index in [2.05, 4.69) is 0 Å². The molecular formula is C34H27ClFN3O8. The second kappa shape index (κ2) is 10.7. The molecule has 4 aliphatic rings. The normalized spacial score (nSPS) is 28.2. The number of fused-ring (bicyclic) bond motifs is 4. The molecule has 6 atom stereocenters. The Morgan fingerprint density at radius 1 is 0.979 bits per heavy atom. The van der Waals surface area contributed by atoms with Crippen LogP contribution in [0.2, 0.25) is 5.02 Å². The third-order valence-electron chi connectivity index (χ3n) is 10.3. The van der Waals surface area contributed by atoms with Crippen LogP contribution in [-0.4, -0.2) is 40.8 Å². The Labute approximate surface area is 272 Å². The number of non-ortho nitro benzene ring substituents is 1. The zero-order valence-corrected chi connectivity index (χ0v) is 25.8. The van der Waals surface area contributed by atoms with Crippen molar-refractivity contribution in [1.29, 1.82) is 0 Å². The van der Waals surface area contributed by atoms with Crippen LogP contribution in [0.15, 0.2) is 72.3 Å². The molecule has 2 aliphatic heterocycles. The number of carbonyl (C=O) groups is 4. The average Bonchev–Trinajstić information content (AvgIpc) is 3.42. The highest BCUT2D eigenvalue weighted by atomic mass is 35.5. The average molecular weight is 660 g/mol. The Morgan fingerprint density at radius 2 is 1.72 bits per heavy atom. The van der Waals surface area contributed by atoms with Crippen molar-refractivity contribution in [2.24, 2.45) is 29.1 Å². The topological polar surface area (TPSA) is 147 Å². The number of carbonyl (C=O) groups excluding carboxylic acids is 4. The van der Waals surface area contributed by atoms with Gasteiger partial charge < -0.3 is 9.84 Å². The predicted octanol–water partition coefficient (Wildman–Crippen LogP) is 5.54. The van der Waals surface area contributed by atoms with Gasteiger partial charge in [0.1, 0.15) is 17.3 Å². The number of anilines is 2. The first-order valence-corrected chi connectivity index (χ1v) is 15.3. The second-order valence-electron chi connectivity index (χ2n) is 12.5. The number of aromatic hydroxyl groups is 1. The number of nitro groups is 1. The quantitative estimate of drug-likeness (QED) is 0.163. The SMILES string of the molecule is COc1ccc([C@H]2C3=CC[C@@H]4C(=O)N(c5cccc([N+](=O)[O-])c5)C(=O)[C@@H]4[C@@H]3C[C@H]3C(=O)N(c4ccc(F)c(Cl)c4)C(=O)[C@@]23C)c(O)c1. The molecule has 7 rings (SSSR count). The highest BCUT2D eigenvalue weighted by Crippen LogP contribution is 2.64. The van der Waals surface area contributed by atoms with E-state index in [4.69, 9.17) is 16.3 Å². The van der Waals surface area contributed by atoms with Gasteiger partial charge in [0.25, 0.3) is 5.69 Å². The van der Waals surface area contributed by atoms with Crippen LogP contribution in [0, 0.1) is 45.0 Å². The van der Waals surface area contributed by atoms with Crippen molar-refractivity contribution in [3.05, 3.63) is 98.8 Å². The molecule has 2 saturated heterocycles. The molecule has 0 aromatic heterocycles. The monoisotopic (exact) mass is 659 g/mol. The van der Waals surface area contributed by atoms with Crippen molar-refractivity contribution >= 4 is 52.3 Å². The van der Waals surface area contributed by atoms with Gasteiger partial charge >= 0.3 is 0 Å². The van der Waals surface area contributed by atoms with Crippen molar-refractivity contribution in [2.75, 3.05) is 16.9 Å². The van der Waals surface area contributed by atoms with Gasteiger partial charge in [-0.3, -0.25) is 29.3 Å². The zero-order chi connectivity index (χ0) is 33.5. The summed E-state index contributed by atoms with van der Waals surface area (Å²) in [6, 6.07) is 13.5. The number of allylic oxidation sites excluding steroid dienone is 2. The lowest BCUT2D eigenvalue weighted by molar-refractivity contribution is -0.384. The van der Waals surface area contributed by atoms with E-state index in [9.17, 15) is 38.8 Å². The minimum absolute atomic E-state index is 0.0364. The Bertz CT molecular complexity index is 1960. The van der Waals surface area contributed by atoms with Crippen molar-refractivity contribution < 1.29 is 38.3 Å². The van der Waals surface area contributed by atoms with Crippen LogP contribution in [0.4, 0.5) is 21.5 Å². The molecule has 3 aromatic rings. The number of phenolic OH excluding ortho intramolecular Hbond substituents is 1. The minimum Gasteiger partial charge on any atom is -0.508 e. The summed E-state index contributed by atoms with van der Waals surface area (Å²) in [4.78, 5) is 69.5. The third-order valence-corrected chi connectivity index (χ3v) is 10.6. The summed E-state index contributed by atoms with van der Waals surface area (Å²) in [5.74, 6) is -7.09. The van der Waals surface area contributed by atoms with Gasteiger partial charge in [-0.15, -0.1) is 0 Å². The third kappa shape index (κ3) is 4.31. The van der Waals surface area contributed by atoms with Gasteiger partial charge in [0.05, 0.1) is 51.6 Å². The van der Waals surface area contributed by atoms with Crippen LogP contribution in [0.25, 0.3) is 0 Å². The molecule has 1 N–H and O–H groups in total.